The number of rotatable bonds is 3. The average molecular weight is 415 g/mol. The van der Waals surface area contributed by atoms with Crippen molar-refractivity contribution in [1.29, 1.82) is 0 Å². The Morgan fingerprint density at radius 3 is 2.73 bits per heavy atom. The molecule has 1 aromatic rings. The van der Waals surface area contributed by atoms with Crippen molar-refractivity contribution in [1.82, 2.24) is 10.6 Å². The van der Waals surface area contributed by atoms with E-state index < -0.39 is 0 Å². The Morgan fingerprint density at radius 1 is 1.32 bits per heavy atom. The molecule has 5 heteroatoms. The van der Waals surface area contributed by atoms with E-state index in [9.17, 15) is 5.11 Å². The highest BCUT2D eigenvalue weighted by molar-refractivity contribution is 14.0. The number of hydrogen-bond acceptors (Lipinski definition) is 2. The zero-order valence-corrected chi connectivity index (χ0v) is 15.7. The highest BCUT2D eigenvalue weighted by Crippen LogP contribution is 2.31. The lowest BCUT2D eigenvalue weighted by Crippen LogP contribution is -2.38. The van der Waals surface area contributed by atoms with E-state index in [4.69, 9.17) is 0 Å². The monoisotopic (exact) mass is 415 g/mol. The Labute approximate surface area is 149 Å². The summed E-state index contributed by atoms with van der Waals surface area (Å²) in [6.45, 7) is 2.88. The maximum absolute atomic E-state index is 10.2. The molecule has 1 saturated carbocycles. The predicted octanol–water partition coefficient (Wildman–Crippen LogP) is 2.96. The van der Waals surface area contributed by atoms with Crippen LogP contribution in [0.5, 0.6) is 5.75 Å². The summed E-state index contributed by atoms with van der Waals surface area (Å²) < 4.78 is 0. The Bertz CT molecular complexity index is 559. The van der Waals surface area contributed by atoms with Crippen molar-refractivity contribution in [3.05, 3.63) is 28.8 Å². The molecule has 3 rings (SSSR count). The third-order valence-corrected chi connectivity index (χ3v) is 4.71. The first-order valence-corrected chi connectivity index (χ1v) is 7.99. The van der Waals surface area contributed by atoms with Crippen LogP contribution in [0.4, 0.5) is 0 Å². The Morgan fingerprint density at radius 2 is 2.05 bits per heavy atom. The van der Waals surface area contributed by atoms with Gasteiger partial charge in [-0.15, -0.1) is 24.0 Å². The van der Waals surface area contributed by atoms with Crippen molar-refractivity contribution in [3.8, 4) is 5.75 Å². The highest BCUT2D eigenvalue weighted by Gasteiger charge is 2.33. The van der Waals surface area contributed by atoms with Crippen LogP contribution in [0.15, 0.2) is 17.1 Å². The molecular formula is C17H26IN3O. The summed E-state index contributed by atoms with van der Waals surface area (Å²) in [6.07, 6.45) is 5.90. The van der Waals surface area contributed by atoms with Crippen molar-refractivity contribution in [2.24, 2.45) is 10.9 Å². The standard InChI is InChI=1S/C17H25N3O.HI/c1-11-9-15(11)20-17(18-2)19-10-14-13-6-4-3-5-12(13)7-8-16(14)21;/h7-8,11,15,21H,3-6,9-10H2,1-2H3,(H2,18,19,20);1H. The van der Waals surface area contributed by atoms with Gasteiger partial charge in [-0.25, -0.2) is 0 Å². The number of fused-ring (bicyclic) bond motifs is 1. The molecule has 0 radical (unpaired) electrons. The molecule has 2 aliphatic carbocycles. The van der Waals surface area contributed by atoms with Crippen molar-refractivity contribution in [2.45, 2.75) is 51.6 Å². The molecule has 1 fully saturated rings. The lowest BCUT2D eigenvalue weighted by molar-refractivity contribution is 0.464. The van der Waals surface area contributed by atoms with Gasteiger partial charge in [0, 0.05) is 25.2 Å². The number of benzene rings is 1. The Hall–Kier alpha value is -0.980. The quantitative estimate of drug-likeness (QED) is 0.404. The van der Waals surface area contributed by atoms with Crippen LogP contribution in [0.1, 0.15) is 42.9 Å². The summed E-state index contributed by atoms with van der Waals surface area (Å²) in [5.74, 6) is 1.97. The van der Waals surface area contributed by atoms with Crippen LogP contribution in [-0.2, 0) is 19.4 Å². The van der Waals surface area contributed by atoms with Crippen molar-refractivity contribution >= 4 is 29.9 Å². The molecule has 0 aliphatic heterocycles. The number of phenols is 1. The summed E-state index contributed by atoms with van der Waals surface area (Å²) >= 11 is 0. The largest absolute Gasteiger partial charge is 0.508 e. The molecule has 2 unspecified atom stereocenters. The average Bonchev–Trinajstić information content (AvgIpc) is 3.20. The van der Waals surface area contributed by atoms with E-state index in [0.717, 1.165) is 30.3 Å². The lowest BCUT2D eigenvalue weighted by atomic mass is 9.88. The topological polar surface area (TPSA) is 56.7 Å². The second-order valence-electron chi connectivity index (χ2n) is 6.30. The van der Waals surface area contributed by atoms with Gasteiger partial charge in [-0.1, -0.05) is 13.0 Å². The molecule has 2 atom stereocenters. The fraction of sp³-hybridized carbons (Fsp3) is 0.588. The van der Waals surface area contributed by atoms with E-state index in [1.165, 1.54) is 30.4 Å². The molecular weight excluding hydrogens is 389 g/mol. The van der Waals surface area contributed by atoms with Gasteiger partial charge >= 0.3 is 0 Å². The van der Waals surface area contributed by atoms with E-state index >= 15 is 0 Å². The zero-order chi connectivity index (χ0) is 14.8. The molecule has 0 amide bonds. The fourth-order valence-electron chi connectivity index (χ4n) is 3.15. The minimum atomic E-state index is 0. The summed E-state index contributed by atoms with van der Waals surface area (Å²) in [4.78, 5) is 4.27. The molecule has 0 bridgehead atoms. The van der Waals surface area contributed by atoms with Crippen molar-refractivity contribution < 1.29 is 5.11 Å². The summed E-state index contributed by atoms with van der Waals surface area (Å²) in [5, 5.41) is 17.0. The molecule has 0 heterocycles. The predicted molar refractivity (Wildman–Crippen MR) is 101 cm³/mol. The Kier molecular flexibility index (Phi) is 5.94. The third kappa shape index (κ3) is 3.86. The van der Waals surface area contributed by atoms with Crippen LogP contribution in [0.25, 0.3) is 0 Å². The highest BCUT2D eigenvalue weighted by atomic mass is 127. The molecule has 1 aromatic carbocycles. The van der Waals surface area contributed by atoms with Gasteiger partial charge in [-0.2, -0.15) is 0 Å². The smallest absolute Gasteiger partial charge is 0.191 e. The molecule has 22 heavy (non-hydrogen) atoms. The van der Waals surface area contributed by atoms with E-state index in [1.54, 1.807) is 7.05 Å². The van der Waals surface area contributed by atoms with Crippen LogP contribution in [0.3, 0.4) is 0 Å². The lowest BCUT2D eigenvalue weighted by Gasteiger charge is -2.21. The minimum absolute atomic E-state index is 0. The van der Waals surface area contributed by atoms with E-state index in [-0.39, 0.29) is 24.0 Å². The molecule has 122 valence electrons. The number of aromatic hydroxyl groups is 1. The molecule has 0 spiro atoms. The third-order valence-electron chi connectivity index (χ3n) is 4.71. The molecule has 4 nitrogen and oxygen atoms in total. The first kappa shape index (κ1) is 17.4. The summed E-state index contributed by atoms with van der Waals surface area (Å²) in [5.41, 5.74) is 3.78. The van der Waals surface area contributed by atoms with Crippen molar-refractivity contribution in [3.63, 3.8) is 0 Å². The maximum atomic E-state index is 10.2. The van der Waals surface area contributed by atoms with Gasteiger partial charge in [0.15, 0.2) is 5.96 Å². The fourth-order valence-corrected chi connectivity index (χ4v) is 3.15. The molecule has 0 saturated heterocycles. The van der Waals surface area contributed by atoms with Gasteiger partial charge in [-0.05, 0) is 55.2 Å². The SMILES string of the molecule is CN=C(NCc1c(O)ccc2c1CCCC2)NC1CC1C.I. The van der Waals surface area contributed by atoms with Gasteiger partial charge in [0.1, 0.15) is 5.75 Å². The summed E-state index contributed by atoms with van der Waals surface area (Å²) in [7, 11) is 1.79. The van der Waals surface area contributed by atoms with Crippen LogP contribution >= 0.6 is 24.0 Å². The second-order valence-corrected chi connectivity index (χ2v) is 6.30. The van der Waals surface area contributed by atoms with Gasteiger partial charge in [0.2, 0.25) is 0 Å². The van der Waals surface area contributed by atoms with E-state index in [0.29, 0.717) is 18.3 Å². The molecule has 3 N–H and O–H groups in total. The van der Waals surface area contributed by atoms with Crippen LogP contribution in [0, 0.1) is 5.92 Å². The Balaban J connectivity index is 0.00000176. The number of guanidine groups is 1. The van der Waals surface area contributed by atoms with Gasteiger partial charge in [-0.3, -0.25) is 4.99 Å². The maximum Gasteiger partial charge on any atom is 0.191 e. The van der Waals surface area contributed by atoms with E-state index in [1.807, 2.05) is 6.07 Å². The summed E-state index contributed by atoms with van der Waals surface area (Å²) in [6, 6.07) is 4.46. The minimum Gasteiger partial charge on any atom is -0.508 e. The zero-order valence-electron chi connectivity index (χ0n) is 13.4. The number of aryl methyl sites for hydroxylation is 1. The van der Waals surface area contributed by atoms with Crippen LogP contribution in [-0.4, -0.2) is 24.2 Å². The first-order chi connectivity index (χ1) is 10.2. The van der Waals surface area contributed by atoms with Crippen LogP contribution in [0.2, 0.25) is 0 Å². The number of hydrogen-bond donors (Lipinski definition) is 3. The number of halogens is 1. The first-order valence-electron chi connectivity index (χ1n) is 7.99. The number of nitrogens with zero attached hydrogens (tertiary/aromatic N) is 1. The van der Waals surface area contributed by atoms with Crippen molar-refractivity contribution in [2.75, 3.05) is 7.05 Å². The normalized spacial score (nSPS) is 23.3. The number of aliphatic imine (C=N–C) groups is 1. The van der Waals surface area contributed by atoms with Gasteiger partial charge < -0.3 is 15.7 Å². The van der Waals surface area contributed by atoms with Crippen LogP contribution < -0.4 is 10.6 Å². The van der Waals surface area contributed by atoms with Gasteiger partial charge in [0.05, 0.1) is 0 Å². The van der Waals surface area contributed by atoms with E-state index in [2.05, 4.69) is 28.6 Å². The molecule has 0 aromatic heterocycles. The number of nitrogens with one attached hydrogen (secondary N) is 2. The molecule has 2 aliphatic rings. The number of phenolic OH excluding ortho intramolecular Hbond substituents is 1. The van der Waals surface area contributed by atoms with Gasteiger partial charge in [0.25, 0.3) is 0 Å². The second kappa shape index (κ2) is 7.53.